The molecule has 0 saturated carbocycles. The number of benzene rings is 2. The molecule has 0 aliphatic rings. The molecule has 0 aromatic heterocycles. The second-order valence-electron chi connectivity index (χ2n) is 3.53. The smallest absolute Gasteiger partial charge is 0.190 e. The molecule has 4 nitrogen and oxygen atoms in total. The van der Waals surface area contributed by atoms with Crippen LogP contribution in [0.4, 0.5) is 17.1 Å². The van der Waals surface area contributed by atoms with Gasteiger partial charge in [-0.2, -0.15) is 0 Å². The molecule has 0 aliphatic heterocycles. The van der Waals surface area contributed by atoms with Crippen molar-refractivity contribution in [2.45, 2.75) is 0 Å². The lowest BCUT2D eigenvalue weighted by atomic mass is 10.2. The van der Waals surface area contributed by atoms with E-state index in [1.807, 2.05) is 48.5 Å². The first-order chi connectivity index (χ1) is 8.24. The van der Waals surface area contributed by atoms with Crippen molar-refractivity contribution in [3.05, 3.63) is 54.6 Å². The van der Waals surface area contributed by atoms with Crippen LogP contribution in [0.1, 0.15) is 0 Å². The summed E-state index contributed by atoms with van der Waals surface area (Å²) in [4.78, 5) is 0. The summed E-state index contributed by atoms with van der Waals surface area (Å²) in [5.74, 6) is -0.0655. The minimum absolute atomic E-state index is 0.0655. The summed E-state index contributed by atoms with van der Waals surface area (Å²) < 4.78 is 0. The first-order valence-corrected chi connectivity index (χ1v) is 5.18. The van der Waals surface area contributed by atoms with Gasteiger partial charge in [-0.15, -0.1) is 0 Å². The van der Waals surface area contributed by atoms with Crippen LogP contribution in [0.5, 0.6) is 0 Å². The maximum Gasteiger partial charge on any atom is 0.190 e. The Labute approximate surface area is 100.0 Å². The molecule has 0 unspecified atom stereocenters. The van der Waals surface area contributed by atoms with Crippen molar-refractivity contribution in [2.75, 3.05) is 10.6 Å². The van der Waals surface area contributed by atoms with Crippen molar-refractivity contribution in [1.29, 1.82) is 5.41 Å². The first-order valence-electron chi connectivity index (χ1n) is 5.18. The van der Waals surface area contributed by atoms with E-state index in [2.05, 4.69) is 16.7 Å². The highest BCUT2D eigenvalue weighted by molar-refractivity contribution is 5.89. The number of nitrogens with two attached hydrogens (primary N) is 1. The Morgan fingerprint density at radius 3 is 2.06 bits per heavy atom. The fraction of sp³-hybridized carbons (Fsp3) is 0. The van der Waals surface area contributed by atoms with Crippen LogP contribution >= 0.6 is 0 Å². The van der Waals surface area contributed by atoms with E-state index in [1.165, 1.54) is 0 Å². The molecule has 4 heteroatoms. The summed E-state index contributed by atoms with van der Waals surface area (Å²) >= 11 is 0. The van der Waals surface area contributed by atoms with Crippen LogP contribution in [-0.4, -0.2) is 5.96 Å². The average Bonchev–Trinajstić information content (AvgIpc) is 2.32. The molecule has 2 aromatic carbocycles. The lowest BCUT2D eigenvalue weighted by molar-refractivity contribution is 1.41. The SMILES string of the molecule is N=C(N)Nc1ccc(Nc2cc[c]cc2)cc1. The molecule has 2 rings (SSSR count). The van der Waals surface area contributed by atoms with Gasteiger partial charge in [-0.3, -0.25) is 5.41 Å². The molecule has 0 atom stereocenters. The van der Waals surface area contributed by atoms with Crippen LogP contribution in [0, 0.1) is 11.5 Å². The predicted octanol–water partition coefficient (Wildman–Crippen LogP) is 2.54. The Morgan fingerprint density at radius 2 is 1.47 bits per heavy atom. The summed E-state index contributed by atoms with van der Waals surface area (Å²) in [6.45, 7) is 0. The summed E-state index contributed by atoms with van der Waals surface area (Å²) in [5.41, 5.74) is 8.02. The van der Waals surface area contributed by atoms with Crippen molar-refractivity contribution < 1.29 is 0 Å². The van der Waals surface area contributed by atoms with E-state index >= 15 is 0 Å². The van der Waals surface area contributed by atoms with Gasteiger partial charge in [0.15, 0.2) is 5.96 Å². The molecule has 1 radical (unpaired) electrons. The third kappa shape index (κ3) is 3.24. The Hall–Kier alpha value is -2.49. The lowest BCUT2D eigenvalue weighted by Crippen LogP contribution is -2.20. The standard InChI is InChI=1S/C13H13N4/c14-13(15)17-12-8-6-11(7-9-12)16-10-4-2-1-3-5-10/h2-9,16H,(H4,14,15,17). The predicted molar refractivity (Wildman–Crippen MR) is 70.5 cm³/mol. The second kappa shape index (κ2) is 5.03. The van der Waals surface area contributed by atoms with E-state index in [1.54, 1.807) is 0 Å². The number of rotatable bonds is 3. The Balaban J connectivity index is 2.06. The summed E-state index contributed by atoms with van der Waals surface area (Å²) in [5, 5.41) is 13.1. The number of guanidine groups is 1. The summed E-state index contributed by atoms with van der Waals surface area (Å²) in [7, 11) is 0. The van der Waals surface area contributed by atoms with Gasteiger partial charge >= 0.3 is 0 Å². The van der Waals surface area contributed by atoms with Gasteiger partial charge in [-0.05, 0) is 42.5 Å². The molecule has 0 aliphatic carbocycles. The number of hydrogen-bond donors (Lipinski definition) is 4. The number of hydrogen-bond acceptors (Lipinski definition) is 2. The average molecular weight is 225 g/mol. The minimum atomic E-state index is -0.0655. The van der Waals surface area contributed by atoms with Crippen molar-refractivity contribution >= 4 is 23.0 Å². The normalized spacial score (nSPS) is 9.65. The van der Waals surface area contributed by atoms with Gasteiger partial charge in [0.05, 0.1) is 0 Å². The number of anilines is 3. The van der Waals surface area contributed by atoms with Crippen molar-refractivity contribution in [1.82, 2.24) is 0 Å². The van der Waals surface area contributed by atoms with Gasteiger partial charge in [0.2, 0.25) is 0 Å². The van der Waals surface area contributed by atoms with E-state index in [4.69, 9.17) is 11.1 Å². The van der Waals surface area contributed by atoms with Gasteiger partial charge in [0.25, 0.3) is 0 Å². The molecule has 0 heterocycles. The minimum Gasteiger partial charge on any atom is -0.370 e. The van der Waals surface area contributed by atoms with E-state index < -0.39 is 0 Å². The molecule has 5 N–H and O–H groups in total. The molecule has 2 aromatic rings. The third-order valence-electron chi connectivity index (χ3n) is 2.17. The van der Waals surface area contributed by atoms with Crippen LogP contribution in [0.15, 0.2) is 48.5 Å². The largest absolute Gasteiger partial charge is 0.370 e. The van der Waals surface area contributed by atoms with Crippen LogP contribution in [0.25, 0.3) is 0 Å². The van der Waals surface area contributed by atoms with E-state index in [0.717, 1.165) is 17.1 Å². The zero-order chi connectivity index (χ0) is 12.1. The highest BCUT2D eigenvalue weighted by Crippen LogP contribution is 2.18. The van der Waals surface area contributed by atoms with Gasteiger partial charge in [0, 0.05) is 17.1 Å². The lowest BCUT2D eigenvalue weighted by Gasteiger charge is -2.08. The van der Waals surface area contributed by atoms with Gasteiger partial charge < -0.3 is 16.4 Å². The van der Waals surface area contributed by atoms with Crippen LogP contribution in [-0.2, 0) is 0 Å². The zero-order valence-electron chi connectivity index (χ0n) is 9.20. The monoisotopic (exact) mass is 225 g/mol. The molecule has 0 saturated heterocycles. The van der Waals surface area contributed by atoms with Crippen LogP contribution in [0.2, 0.25) is 0 Å². The molecule has 0 bridgehead atoms. The number of nitrogens with one attached hydrogen (secondary N) is 3. The Kier molecular flexibility index (Phi) is 3.25. The summed E-state index contributed by atoms with van der Waals surface area (Å²) in [6, 6.07) is 18.1. The second-order valence-corrected chi connectivity index (χ2v) is 3.53. The molecule has 0 fully saturated rings. The molecule has 0 spiro atoms. The van der Waals surface area contributed by atoms with Crippen molar-refractivity contribution in [3.63, 3.8) is 0 Å². The Morgan fingerprint density at radius 1 is 0.941 bits per heavy atom. The molecular formula is C13H13N4. The van der Waals surface area contributed by atoms with E-state index in [9.17, 15) is 0 Å². The van der Waals surface area contributed by atoms with Gasteiger partial charge in [-0.1, -0.05) is 12.1 Å². The zero-order valence-corrected chi connectivity index (χ0v) is 9.20. The summed E-state index contributed by atoms with van der Waals surface area (Å²) in [6.07, 6.45) is 0. The molecule has 17 heavy (non-hydrogen) atoms. The highest BCUT2D eigenvalue weighted by Gasteiger charge is 1.95. The van der Waals surface area contributed by atoms with Gasteiger partial charge in [-0.25, -0.2) is 0 Å². The van der Waals surface area contributed by atoms with E-state index in [0.29, 0.717) is 0 Å². The van der Waals surface area contributed by atoms with Crippen molar-refractivity contribution in [2.24, 2.45) is 5.73 Å². The van der Waals surface area contributed by atoms with Gasteiger partial charge in [0.1, 0.15) is 0 Å². The first kappa shape index (κ1) is 11.0. The maximum absolute atomic E-state index is 7.11. The quantitative estimate of drug-likeness (QED) is 0.479. The van der Waals surface area contributed by atoms with Crippen molar-refractivity contribution in [3.8, 4) is 0 Å². The van der Waals surface area contributed by atoms with E-state index in [-0.39, 0.29) is 5.96 Å². The molecule has 85 valence electrons. The fourth-order valence-corrected chi connectivity index (χ4v) is 1.43. The highest BCUT2D eigenvalue weighted by atomic mass is 15.0. The van der Waals surface area contributed by atoms with Crippen LogP contribution < -0.4 is 16.4 Å². The molecule has 0 amide bonds. The Bertz CT molecular complexity index is 491. The maximum atomic E-state index is 7.11. The third-order valence-corrected chi connectivity index (χ3v) is 2.17. The van der Waals surface area contributed by atoms with Crippen LogP contribution in [0.3, 0.4) is 0 Å². The topological polar surface area (TPSA) is 73.9 Å². The fourth-order valence-electron chi connectivity index (χ4n) is 1.43. The molecular weight excluding hydrogens is 212 g/mol.